The van der Waals surface area contributed by atoms with Crippen molar-refractivity contribution in [1.82, 2.24) is 4.90 Å². The van der Waals surface area contributed by atoms with Crippen LogP contribution in [0.3, 0.4) is 0 Å². The van der Waals surface area contributed by atoms with E-state index in [1.165, 1.54) is 12.8 Å². The van der Waals surface area contributed by atoms with Crippen LogP contribution in [0.2, 0.25) is 0 Å². The molecule has 1 heterocycles. The Bertz CT molecular complexity index is 215. The Morgan fingerprint density at radius 2 is 1.79 bits per heavy atom. The van der Waals surface area contributed by atoms with Crippen LogP contribution in [0.4, 0.5) is 4.79 Å². The number of rotatable bonds is 1. The van der Waals surface area contributed by atoms with E-state index in [1.807, 2.05) is 4.90 Å². The Morgan fingerprint density at radius 3 is 2.29 bits per heavy atom. The first-order valence-electron chi connectivity index (χ1n) is 5.67. The van der Waals surface area contributed by atoms with Crippen LogP contribution in [-0.2, 0) is 4.74 Å². The molecule has 0 unspecified atom stereocenters. The van der Waals surface area contributed by atoms with Crippen molar-refractivity contribution in [1.29, 1.82) is 0 Å². The van der Waals surface area contributed by atoms with Crippen LogP contribution in [-0.4, -0.2) is 29.2 Å². The average Bonchev–Trinajstić information content (AvgIpc) is 2.55. The molecule has 80 valence electrons. The summed E-state index contributed by atoms with van der Waals surface area (Å²) in [5.41, 5.74) is 0. The predicted octanol–water partition coefficient (Wildman–Crippen LogP) is 2.55. The number of carbonyl (C=O) groups is 1. The van der Waals surface area contributed by atoms with Crippen molar-refractivity contribution in [2.75, 3.05) is 0 Å². The quantitative estimate of drug-likeness (QED) is 0.646. The van der Waals surface area contributed by atoms with Gasteiger partial charge in [0.2, 0.25) is 0 Å². The van der Waals surface area contributed by atoms with E-state index in [4.69, 9.17) is 4.74 Å². The fraction of sp³-hybridized carbons (Fsp3) is 0.909. The third-order valence-corrected chi connectivity index (χ3v) is 3.41. The fourth-order valence-electron chi connectivity index (χ4n) is 2.59. The van der Waals surface area contributed by atoms with E-state index in [0.717, 1.165) is 19.3 Å². The number of carbonyl (C=O) groups excluding carboxylic acids is 1. The third-order valence-electron chi connectivity index (χ3n) is 3.41. The zero-order chi connectivity index (χ0) is 10.1. The van der Waals surface area contributed by atoms with E-state index < -0.39 is 0 Å². The van der Waals surface area contributed by atoms with Gasteiger partial charge in [0, 0.05) is 12.1 Å². The van der Waals surface area contributed by atoms with Gasteiger partial charge in [-0.05, 0) is 46.0 Å². The van der Waals surface area contributed by atoms with Crippen molar-refractivity contribution in [3.05, 3.63) is 0 Å². The van der Waals surface area contributed by atoms with Crippen LogP contribution in [0, 0.1) is 0 Å². The highest BCUT2D eigenvalue weighted by Crippen LogP contribution is 2.28. The van der Waals surface area contributed by atoms with Gasteiger partial charge >= 0.3 is 6.09 Å². The van der Waals surface area contributed by atoms with E-state index in [2.05, 4.69) is 13.8 Å². The summed E-state index contributed by atoms with van der Waals surface area (Å²) in [7, 11) is 0. The molecule has 0 spiro atoms. The Hall–Kier alpha value is -0.730. The molecule has 14 heavy (non-hydrogen) atoms. The molecule has 2 rings (SSSR count). The molecular weight excluding hydrogens is 178 g/mol. The number of amides is 1. The van der Waals surface area contributed by atoms with Crippen molar-refractivity contribution in [3.63, 3.8) is 0 Å². The zero-order valence-corrected chi connectivity index (χ0v) is 9.03. The smallest absolute Gasteiger partial charge is 0.410 e. The lowest BCUT2D eigenvalue weighted by Gasteiger charge is -2.44. The Balaban J connectivity index is 1.82. The van der Waals surface area contributed by atoms with Crippen LogP contribution >= 0.6 is 0 Å². The Labute approximate surface area is 85.4 Å². The van der Waals surface area contributed by atoms with Crippen molar-refractivity contribution in [3.8, 4) is 0 Å². The van der Waals surface area contributed by atoms with Crippen LogP contribution in [0.1, 0.15) is 46.0 Å². The molecule has 1 amide bonds. The maximum atomic E-state index is 11.7. The van der Waals surface area contributed by atoms with Gasteiger partial charge in [-0.2, -0.15) is 0 Å². The maximum Gasteiger partial charge on any atom is 0.410 e. The molecule has 1 saturated heterocycles. The first-order valence-corrected chi connectivity index (χ1v) is 5.67. The Kier molecular flexibility index (Phi) is 2.66. The maximum absolute atomic E-state index is 11.7. The van der Waals surface area contributed by atoms with E-state index in [9.17, 15) is 4.79 Å². The van der Waals surface area contributed by atoms with Crippen LogP contribution in [0.5, 0.6) is 0 Å². The van der Waals surface area contributed by atoms with Gasteiger partial charge in [0.15, 0.2) is 0 Å². The number of nitrogens with zero attached hydrogens (tertiary/aromatic N) is 1. The van der Waals surface area contributed by atoms with E-state index in [-0.39, 0.29) is 12.2 Å². The van der Waals surface area contributed by atoms with Gasteiger partial charge in [-0.15, -0.1) is 0 Å². The van der Waals surface area contributed by atoms with Gasteiger partial charge in [-0.3, -0.25) is 0 Å². The van der Waals surface area contributed by atoms with Gasteiger partial charge in [-0.25, -0.2) is 4.79 Å². The predicted molar refractivity (Wildman–Crippen MR) is 54.1 cm³/mol. The highest BCUT2D eigenvalue weighted by molar-refractivity contribution is 5.69. The lowest BCUT2D eigenvalue weighted by atomic mass is 9.97. The van der Waals surface area contributed by atoms with Crippen molar-refractivity contribution in [2.45, 2.75) is 64.1 Å². The molecule has 1 aliphatic carbocycles. The molecule has 0 bridgehead atoms. The summed E-state index contributed by atoms with van der Waals surface area (Å²) in [6.45, 7) is 4.16. The molecule has 0 aromatic heterocycles. The topological polar surface area (TPSA) is 29.5 Å². The molecule has 2 fully saturated rings. The van der Waals surface area contributed by atoms with Gasteiger partial charge in [0.05, 0.1) is 0 Å². The second-order valence-electron chi connectivity index (χ2n) is 4.63. The first-order chi connectivity index (χ1) is 6.68. The molecule has 3 nitrogen and oxygen atoms in total. The highest BCUT2D eigenvalue weighted by Gasteiger charge is 2.37. The molecule has 1 saturated carbocycles. The summed E-state index contributed by atoms with van der Waals surface area (Å²) < 4.78 is 5.44. The summed E-state index contributed by atoms with van der Waals surface area (Å²) in [5, 5.41) is 0. The lowest BCUT2D eigenvalue weighted by Crippen LogP contribution is -2.56. The van der Waals surface area contributed by atoms with Gasteiger partial charge < -0.3 is 9.64 Å². The van der Waals surface area contributed by atoms with E-state index >= 15 is 0 Å². The van der Waals surface area contributed by atoms with Crippen molar-refractivity contribution in [2.24, 2.45) is 0 Å². The summed E-state index contributed by atoms with van der Waals surface area (Å²) in [6.07, 6.45) is 5.75. The molecule has 3 heteroatoms. The minimum absolute atomic E-state index is 0.0943. The fourth-order valence-corrected chi connectivity index (χ4v) is 2.59. The normalized spacial score (nSPS) is 32.9. The molecule has 0 aromatic rings. The summed E-state index contributed by atoms with van der Waals surface area (Å²) in [5.74, 6) is 0. The zero-order valence-electron chi connectivity index (χ0n) is 9.03. The molecule has 2 aliphatic rings. The SMILES string of the molecule is C[C@@H]1C[C@H](C)N1C(=O)OC1CCCC1. The number of ether oxygens (including phenoxy) is 1. The third kappa shape index (κ3) is 1.72. The highest BCUT2D eigenvalue weighted by atomic mass is 16.6. The number of hydrogen-bond donors (Lipinski definition) is 0. The first kappa shape index (κ1) is 9.81. The van der Waals surface area contributed by atoms with Crippen molar-refractivity contribution < 1.29 is 9.53 Å². The van der Waals surface area contributed by atoms with Gasteiger partial charge in [-0.1, -0.05) is 0 Å². The lowest BCUT2D eigenvalue weighted by molar-refractivity contribution is 0.00120. The average molecular weight is 197 g/mol. The second-order valence-corrected chi connectivity index (χ2v) is 4.63. The number of likely N-dealkylation sites (tertiary alicyclic amines) is 1. The molecule has 2 atom stereocenters. The minimum Gasteiger partial charge on any atom is -0.446 e. The van der Waals surface area contributed by atoms with E-state index in [1.54, 1.807) is 0 Å². The largest absolute Gasteiger partial charge is 0.446 e. The molecule has 0 aromatic carbocycles. The summed E-state index contributed by atoms with van der Waals surface area (Å²) in [4.78, 5) is 13.6. The summed E-state index contributed by atoms with van der Waals surface area (Å²) in [6, 6.07) is 0.748. The summed E-state index contributed by atoms with van der Waals surface area (Å²) >= 11 is 0. The molecule has 0 radical (unpaired) electrons. The standard InChI is InChI=1S/C11H19NO2/c1-8-7-9(2)12(8)11(13)14-10-5-3-4-6-10/h8-10H,3-7H2,1-2H3/t8-,9+. The second kappa shape index (κ2) is 3.79. The van der Waals surface area contributed by atoms with E-state index in [0.29, 0.717) is 12.1 Å². The van der Waals surface area contributed by atoms with Crippen LogP contribution < -0.4 is 0 Å². The molecular formula is C11H19NO2. The van der Waals surface area contributed by atoms with Gasteiger partial charge in [0.25, 0.3) is 0 Å². The monoisotopic (exact) mass is 197 g/mol. The van der Waals surface area contributed by atoms with Crippen LogP contribution in [0.25, 0.3) is 0 Å². The van der Waals surface area contributed by atoms with Crippen molar-refractivity contribution >= 4 is 6.09 Å². The van der Waals surface area contributed by atoms with Crippen LogP contribution in [0.15, 0.2) is 0 Å². The minimum atomic E-state index is -0.0943. The molecule has 1 aliphatic heterocycles. The molecule has 0 N–H and O–H groups in total. The number of hydrogen-bond acceptors (Lipinski definition) is 2. The van der Waals surface area contributed by atoms with Gasteiger partial charge in [0.1, 0.15) is 6.10 Å². The Morgan fingerprint density at radius 1 is 1.21 bits per heavy atom.